The number of rotatable bonds is 2. The molecule has 1 rings (SSSR count). The Morgan fingerprint density at radius 2 is 0.750 bits per heavy atom. The first-order chi connectivity index (χ1) is 8.21. The van der Waals surface area contributed by atoms with Crippen LogP contribution in [0.15, 0.2) is 24.3 Å². The lowest BCUT2D eigenvalue weighted by atomic mass is 10.0. The van der Waals surface area contributed by atoms with Gasteiger partial charge in [0.25, 0.3) is 0 Å². The maximum atomic E-state index is 2.40. The molecule has 4 heteroatoms. The molecule has 0 N–H and O–H groups in total. The Balaban J connectivity index is 0. The molecule has 1 aliphatic rings. The van der Waals surface area contributed by atoms with Gasteiger partial charge in [-0.3, -0.25) is 0 Å². The largest absolute Gasteiger partial charge is 1.00 e. The van der Waals surface area contributed by atoms with Gasteiger partial charge in [0.1, 0.15) is 0 Å². The minimum Gasteiger partial charge on any atom is -1.00 e. The smallest absolute Gasteiger partial charge is 0.0953 e. The summed E-state index contributed by atoms with van der Waals surface area (Å²) in [6, 6.07) is 1.41. The fourth-order valence-electron chi connectivity index (χ4n) is 2.47. The van der Waals surface area contributed by atoms with Crippen molar-refractivity contribution < 1.29 is 56.9 Å². The van der Waals surface area contributed by atoms with Crippen LogP contribution >= 0.6 is 0 Å². The first-order valence-corrected chi connectivity index (χ1v) is 7.13. The predicted molar refractivity (Wildman–Crippen MR) is 80.4 cm³/mol. The SMILES string of the molecule is C[N+](C)(C)C1C/C=C\CC([N+](C)(C)C)C/C=C\C1.[I-].[I-]. The molecule has 0 aromatic rings. The summed E-state index contributed by atoms with van der Waals surface area (Å²) < 4.78 is 2.10. The Morgan fingerprint density at radius 1 is 0.550 bits per heavy atom. The van der Waals surface area contributed by atoms with Crippen LogP contribution in [-0.2, 0) is 0 Å². The second-order valence-electron chi connectivity index (χ2n) is 7.43. The lowest BCUT2D eigenvalue weighted by Crippen LogP contribution is -3.00. The summed E-state index contributed by atoms with van der Waals surface area (Å²) >= 11 is 0. The van der Waals surface area contributed by atoms with E-state index in [1.165, 1.54) is 25.7 Å². The van der Waals surface area contributed by atoms with E-state index in [-0.39, 0.29) is 48.0 Å². The van der Waals surface area contributed by atoms with E-state index in [4.69, 9.17) is 0 Å². The molecule has 0 aliphatic heterocycles. The summed E-state index contributed by atoms with van der Waals surface area (Å²) in [5.74, 6) is 0. The number of halogens is 2. The zero-order valence-corrected chi connectivity index (χ0v) is 18.3. The van der Waals surface area contributed by atoms with Gasteiger partial charge in [0.05, 0.1) is 54.4 Å². The zero-order valence-electron chi connectivity index (χ0n) is 13.9. The average molecular weight is 506 g/mol. The normalized spacial score (nSPS) is 27.7. The first kappa shape index (κ1) is 23.1. The van der Waals surface area contributed by atoms with E-state index in [2.05, 4.69) is 66.6 Å². The molecule has 0 aromatic heterocycles. The molecule has 0 atom stereocenters. The molecule has 2 nitrogen and oxygen atoms in total. The van der Waals surface area contributed by atoms with Crippen molar-refractivity contribution in [2.24, 2.45) is 0 Å². The first-order valence-electron chi connectivity index (χ1n) is 7.13. The molecule has 20 heavy (non-hydrogen) atoms. The van der Waals surface area contributed by atoms with E-state index in [9.17, 15) is 0 Å². The van der Waals surface area contributed by atoms with Crippen molar-refractivity contribution in [3.63, 3.8) is 0 Å². The zero-order chi connectivity index (χ0) is 13.8. The predicted octanol–water partition coefficient (Wildman–Crippen LogP) is -3.17. The maximum absolute atomic E-state index is 2.40. The fourth-order valence-corrected chi connectivity index (χ4v) is 2.47. The lowest BCUT2D eigenvalue weighted by molar-refractivity contribution is -0.896. The van der Waals surface area contributed by atoms with Crippen LogP contribution in [0.4, 0.5) is 0 Å². The van der Waals surface area contributed by atoms with Crippen molar-refractivity contribution in [3.8, 4) is 0 Å². The lowest BCUT2D eigenvalue weighted by Gasteiger charge is -2.35. The summed E-state index contributed by atoms with van der Waals surface area (Å²) in [5.41, 5.74) is 0. The molecule has 0 spiro atoms. The minimum atomic E-state index is 0. The van der Waals surface area contributed by atoms with Crippen LogP contribution in [0.3, 0.4) is 0 Å². The summed E-state index contributed by atoms with van der Waals surface area (Å²) in [6.45, 7) is 0. The second kappa shape index (κ2) is 9.79. The van der Waals surface area contributed by atoms with Crippen LogP contribution in [0.1, 0.15) is 25.7 Å². The Labute approximate surface area is 160 Å². The van der Waals surface area contributed by atoms with Gasteiger partial charge in [-0.25, -0.2) is 0 Å². The van der Waals surface area contributed by atoms with Gasteiger partial charge in [-0.15, -0.1) is 0 Å². The fraction of sp³-hybridized carbons (Fsp3) is 0.750. The summed E-state index contributed by atoms with van der Waals surface area (Å²) in [7, 11) is 13.8. The van der Waals surface area contributed by atoms with Gasteiger partial charge in [0.15, 0.2) is 0 Å². The quantitative estimate of drug-likeness (QED) is 0.211. The van der Waals surface area contributed by atoms with Crippen molar-refractivity contribution in [2.75, 3.05) is 42.3 Å². The van der Waals surface area contributed by atoms with E-state index >= 15 is 0 Å². The highest BCUT2D eigenvalue weighted by molar-refractivity contribution is 4.95. The highest BCUT2D eigenvalue weighted by atomic mass is 127. The van der Waals surface area contributed by atoms with Gasteiger partial charge in [-0.2, -0.15) is 0 Å². The minimum absolute atomic E-state index is 0. The van der Waals surface area contributed by atoms with Crippen LogP contribution in [0.25, 0.3) is 0 Å². The van der Waals surface area contributed by atoms with Crippen LogP contribution < -0.4 is 48.0 Å². The monoisotopic (exact) mass is 506 g/mol. The van der Waals surface area contributed by atoms with Gasteiger partial charge in [0.2, 0.25) is 0 Å². The average Bonchev–Trinajstić information content (AvgIpc) is 2.22. The summed E-state index contributed by atoms with van der Waals surface area (Å²) in [6.07, 6.45) is 14.4. The Kier molecular flexibility index (Phi) is 11.3. The van der Waals surface area contributed by atoms with Crippen LogP contribution in [0, 0.1) is 0 Å². The maximum Gasteiger partial charge on any atom is 0.0953 e. The molecule has 0 bridgehead atoms. The second-order valence-corrected chi connectivity index (χ2v) is 7.43. The molecule has 0 saturated carbocycles. The summed E-state index contributed by atoms with van der Waals surface area (Å²) in [5, 5.41) is 0. The highest BCUT2D eigenvalue weighted by Crippen LogP contribution is 2.19. The number of hydrogen-bond donors (Lipinski definition) is 0. The van der Waals surface area contributed by atoms with E-state index in [1.54, 1.807) is 0 Å². The molecule has 0 aromatic carbocycles. The van der Waals surface area contributed by atoms with Crippen molar-refractivity contribution in [1.82, 2.24) is 0 Å². The number of nitrogens with zero attached hydrogens (tertiary/aromatic N) is 2. The van der Waals surface area contributed by atoms with E-state index < -0.39 is 0 Å². The molecule has 0 saturated heterocycles. The highest BCUT2D eigenvalue weighted by Gasteiger charge is 2.24. The van der Waals surface area contributed by atoms with E-state index in [0.29, 0.717) is 12.1 Å². The van der Waals surface area contributed by atoms with Gasteiger partial charge >= 0.3 is 0 Å². The Bertz CT molecular complexity index is 263. The number of quaternary nitrogens is 2. The van der Waals surface area contributed by atoms with Crippen molar-refractivity contribution in [3.05, 3.63) is 24.3 Å². The molecule has 0 unspecified atom stereocenters. The van der Waals surface area contributed by atoms with Crippen LogP contribution in [-0.4, -0.2) is 63.3 Å². The van der Waals surface area contributed by atoms with Gasteiger partial charge < -0.3 is 56.9 Å². The third kappa shape index (κ3) is 8.34. The molecule has 120 valence electrons. The standard InChI is InChI=1S/C16H32N2.2HI/c1-17(2,3)15-11-7-9-13-16(18(4,5)6)14-10-8-12-15;;/h7-10,15-16H,11-14H2,1-6H3;2*1H/q+2;;/p-2/b9-7-,10-8-;;. The van der Waals surface area contributed by atoms with E-state index in [1.807, 2.05) is 0 Å². The third-order valence-electron chi connectivity index (χ3n) is 4.16. The summed E-state index contributed by atoms with van der Waals surface area (Å²) in [4.78, 5) is 0. The van der Waals surface area contributed by atoms with Crippen LogP contribution in [0.5, 0.6) is 0 Å². The Hall–Kier alpha value is 0.860. The van der Waals surface area contributed by atoms with Gasteiger partial charge in [0, 0.05) is 25.7 Å². The molecular weight excluding hydrogens is 474 g/mol. The van der Waals surface area contributed by atoms with Crippen molar-refractivity contribution >= 4 is 0 Å². The van der Waals surface area contributed by atoms with Crippen molar-refractivity contribution in [1.29, 1.82) is 0 Å². The molecule has 0 heterocycles. The molecule has 0 fully saturated rings. The van der Waals surface area contributed by atoms with Crippen molar-refractivity contribution in [2.45, 2.75) is 37.8 Å². The number of hydrogen-bond acceptors (Lipinski definition) is 0. The molecule has 0 amide bonds. The van der Waals surface area contributed by atoms with Gasteiger partial charge in [-0.1, -0.05) is 24.3 Å². The third-order valence-corrected chi connectivity index (χ3v) is 4.16. The molecular formula is C16H32I2N2. The topological polar surface area (TPSA) is 0 Å². The molecule has 1 aliphatic carbocycles. The van der Waals surface area contributed by atoms with Crippen LogP contribution in [0.2, 0.25) is 0 Å². The molecule has 0 radical (unpaired) electrons. The van der Waals surface area contributed by atoms with Gasteiger partial charge in [-0.05, 0) is 0 Å². The van der Waals surface area contributed by atoms with E-state index in [0.717, 1.165) is 8.97 Å². The Morgan fingerprint density at radius 3 is 0.900 bits per heavy atom.